The molecule has 1 unspecified atom stereocenters. The fraction of sp³-hybridized carbons (Fsp3) is 0.929. The van der Waals surface area contributed by atoms with Crippen molar-refractivity contribution in [3.63, 3.8) is 0 Å². The zero-order chi connectivity index (χ0) is 27.3. The first-order valence-electron chi connectivity index (χ1n) is 7.99. The van der Waals surface area contributed by atoms with Gasteiger partial charge in [-0.05, 0) is 6.92 Å². The SMILES string of the molecule is CCOC(=O)C(C)CC(F)(F)C(F)(F)C(F)(F)C(F)(F)C(F)(F)C(F)(F)C(F)(F)C(F)(F)F. The van der Waals surface area contributed by atoms with Crippen molar-refractivity contribution in [1.82, 2.24) is 0 Å². The largest absolute Gasteiger partial charge is 0.466 e. The third kappa shape index (κ3) is 4.51. The van der Waals surface area contributed by atoms with Gasteiger partial charge in [0.1, 0.15) is 0 Å². The van der Waals surface area contributed by atoms with Crippen molar-refractivity contribution >= 4 is 5.97 Å². The predicted molar refractivity (Wildman–Crippen MR) is 71.1 cm³/mol. The van der Waals surface area contributed by atoms with E-state index in [0.717, 1.165) is 6.92 Å². The molecule has 33 heavy (non-hydrogen) atoms. The average Bonchev–Trinajstić information content (AvgIpc) is 2.59. The second-order valence-electron chi connectivity index (χ2n) is 6.51. The van der Waals surface area contributed by atoms with Gasteiger partial charge in [0.05, 0.1) is 12.5 Å². The Morgan fingerprint density at radius 2 is 0.909 bits per heavy atom. The van der Waals surface area contributed by atoms with Crippen LogP contribution in [0, 0.1) is 5.92 Å². The van der Waals surface area contributed by atoms with Gasteiger partial charge in [-0.1, -0.05) is 6.92 Å². The van der Waals surface area contributed by atoms with E-state index in [1.807, 2.05) is 0 Å². The summed E-state index contributed by atoms with van der Waals surface area (Å²) >= 11 is 0. The molecule has 0 aromatic rings. The van der Waals surface area contributed by atoms with Gasteiger partial charge in [0, 0.05) is 6.42 Å². The second-order valence-corrected chi connectivity index (χ2v) is 6.51. The van der Waals surface area contributed by atoms with E-state index in [-0.39, 0.29) is 6.92 Å². The number of carbonyl (C=O) groups is 1. The number of hydrogen-bond acceptors (Lipinski definition) is 2. The standard InChI is InChI=1S/C14H11F17O2/c1-3-33-6(32)5(2)4-7(15,16)8(17,18)9(19,20)10(21,22)11(23,24)12(25,26)13(27,28)14(29,30)31/h5H,3-4H2,1-2H3. The van der Waals surface area contributed by atoms with Gasteiger partial charge in [0.25, 0.3) is 0 Å². The van der Waals surface area contributed by atoms with Crippen molar-refractivity contribution in [1.29, 1.82) is 0 Å². The normalized spacial score (nSPS) is 16.6. The fourth-order valence-corrected chi connectivity index (χ4v) is 2.08. The summed E-state index contributed by atoms with van der Waals surface area (Å²) in [5, 5.41) is 0. The number of hydrogen-bond donors (Lipinski definition) is 0. The van der Waals surface area contributed by atoms with Crippen LogP contribution in [0.25, 0.3) is 0 Å². The molecule has 0 spiro atoms. The van der Waals surface area contributed by atoms with Crippen LogP contribution in [-0.2, 0) is 9.53 Å². The van der Waals surface area contributed by atoms with Crippen molar-refractivity contribution in [2.24, 2.45) is 5.92 Å². The molecule has 0 amide bonds. The first kappa shape index (κ1) is 31.3. The van der Waals surface area contributed by atoms with Crippen LogP contribution < -0.4 is 0 Å². The lowest BCUT2D eigenvalue weighted by molar-refractivity contribution is -0.462. The first-order valence-corrected chi connectivity index (χ1v) is 7.99. The van der Waals surface area contributed by atoms with Crippen molar-refractivity contribution in [2.75, 3.05) is 6.61 Å². The number of carbonyl (C=O) groups excluding carboxylic acids is 1. The zero-order valence-electron chi connectivity index (χ0n) is 15.7. The molecule has 0 N–H and O–H groups in total. The summed E-state index contributed by atoms with van der Waals surface area (Å²) < 4.78 is 226. The third-order valence-corrected chi connectivity index (χ3v) is 4.04. The molecular formula is C14H11F17O2. The Labute approximate surface area is 172 Å². The van der Waals surface area contributed by atoms with Crippen molar-refractivity contribution in [3.8, 4) is 0 Å². The van der Waals surface area contributed by atoms with E-state index >= 15 is 0 Å². The van der Waals surface area contributed by atoms with E-state index in [1.165, 1.54) is 0 Å². The van der Waals surface area contributed by atoms with E-state index in [1.54, 1.807) is 0 Å². The lowest BCUT2D eigenvalue weighted by atomic mass is 9.86. The van der Waals surface area contributed by atoms with Crippen molar-refractivity contribution in [2.45, 2.75) is 67.9 Å². The molecule has 0 radical (unpaired) electrons. The molecule has 0 saturated carbocycles. The average molecular weight is 534 g/mol. The molecule has 0 aliphatic heterocycles. The monoisotopic (exact) mass is 534 g/mol. The van der Waals surface area contributed by atoms with Gasteiger partial charge in [-0.3, -0.25) is 4.79 Å². The highest BCUT2D eigenvalue weighted by atomic mass is 19.4. The van der Waals surface area contributed by atoms with Crippen LogP contribution in [0.4, 0.5) is 74.6 Å². The Kier molecular flexibility index (Phi) is 8.05. The maximum atomic E-state index is 13.7. The van der Waals surface area contributed by atoms with Crippen LogP contribution in [0.1, 0.15) is 20.3 Å². The minimum Gasteiger partial charge on any atom is -0.466 e. The number of alkyl halides is 17. The molecule has 0 saturated heterocycles. The Hall–Kier alpha value is -1.72. The van der Waals surface area contributed by atoms with Gasteiger partial charge in [-0.25, -0.2) is 0 Å². The zero-order valence-corrected chi connectivity index (χ0v) is 15.7. The summed E-state index contributed by atoms with van der Waals surface area (Å²) in [6, 6.07) is 0. The van der Waals surface area contributed by atoms with Crippen LogP contribution >= 0.6 is 0 Å². The fourth-order valence-electron chi connectivity index (χ4n) is 2.08. The molecule has 0 fully saturated rings. The summed E-state index contributed by atoms with van der Waals surface area (Å²) in [6.45, 7) is 0.712. The van der Waals surface area contributed by atoms with Crippen molar-refractivity contribution < 1.29 is 84.2 Å². The summed E-state index contributed by atoms with van der Waals surface area (Å²) in [5.74, 6) is -61.1. The van der Waals surface area contributed by atoms with Gasteiger partial charge in [0.2, 0.25) is 0 Å². The van der Waals surface area contributed by atoms with Crippen LogP contribution in [0.5, 0.6) is 0 Å². The van der Waals surface area contributed by atoms with Gasteiger partial charge < -0.3 is 4.74 Å². The van der Waals surface area contributed by atoms with Gasteiger partial charge in [0.15, 0.2) is 0 Å². The molecule has 0 aromatic carbocycles. The number of ether oxygens (including phenoxy) is 1. The van der Waals surface area contributed by atoms with E-state index < -0.39 is 72.5 Å². The molecule has 0 rings (SSSR count). The maximum absolute atomic E-state index is 13.7. The number of halogens is 17. The highest BCUT2D eigenvalue weighted by Crippen LogP contribution is 2.64. The lowest BCUT2D eigenvalue weighted by Gasteiger charge is -2.43. The number of rotatable bonds is 10. The Morgan fingerprint density at radius 3 is 1.21 bits per heavy atom. The quantitative estimate of drug-likeness (QED) is 0.234. The lowest BCUT2D eigenvalue weighted by Crippen LogP contribution is -2.74. The number of esters is 1. The summed E-state index contributed by atoms with van der Waals surface area (Å²) in [4.78, 5) is 11.1. The highest BCUT2D eigenvalue weighted by molar-refractivity contribution is 5.72. The van der Waals surface area contributed by atoms with Crippen molar-refractivity contribution in [3.05, 3.63) is 0 Å². The maximum Gasteiger partial charge on any atom is 0.460 e. The second kappa shape index (κ2) is 8.49. The summed E-state index contributed by atoms with van der Waals surface area (Å²) in [6.07, 6.45) is -10.6. The molecule has 1 atom stereocenters. The molecule has 0 aromatic heterocycles. The topological polar surface area (TPSA) is 26.3 Å². The Bertz CT molecular complexity index is 709. The smallest absolute Gasteiger partial charge is 0.460 e. The summed E-state index contributed by atoms with van der Waals surface area (Å²) in [7, 11) is 0. The molecule has 0 heterocycles. The van der Waals surface area contributed by atoms with Gasteiger partial charge in [-0.15, -0.1) is 0 Å². The van der Waals surface area contributed by atoms with E-state index in [9.17, 15) is 79.4 Å². The van der Waals surface area contributed by atoms with Crippen LogP contribution in [0.2, 0.25) is 0 Å². The Balaban J connectivity index is 6.56. The van der Waals surface area contributed by atoms with Crippen LogP contribution in [-0.4, -0.2) is 60.2 Å². The molecule has 0 bridgehead atoms. The Morgan fingerprint density at radius 1 is 0.606 bits per heavy atom. The van der Waals surface area contributed by atoms with E-state index in [2.05, 4.69) is 4.74 Å². The third-order valence-electron chi connectivity index (χ3n) is 4.04. The first-order chi connectivity index (χ1) is 14.1. The molecule has 198 valence electrons. The van der Waals surface area contributed by atoms with Crippen LogP contribution in [0.15, 0.2) is 0 Å². The van der Waals surface area contributed by atoms with E-state index in [4.69, 9.17) is 0 Å². The van der Waals surface area contributed by atoms with Gasteiger partial charge >= 0.3 is 53.6 Å². The molecule has 19 heteroatoms. The molecule has 0 aliphatic carbocycles. The summed E-state index contributed by atoms with van der Waals surface area (Å²) in [5.41, 5.74) is 0. The van der Waals surface area contributed by atoms with Gasteiger partial charge in [-0.2, -0.15) is 74.6 Å². The highest BCUT2D eigenvalue weighted by Gasteiger charge is 2.95. The molecule has 0 aliphatic rings. The minimum absolute atomic E-state index is 0.283. The molecular weight excluding hydrogens is 523 g/mol. The minimum atomic E-state index is -8.67. The van der Waals surface area contributed by atoms with Crippen LogP contribution in [0.3, 0.4) is 0 Å². The van der Waals surface area contributed by atoms with E-state index in [0.29, 0.717) is 0 Å². The predicted octanol–water partition coefficient (Wildman–Crippen LogP) is 6.59. The molecule has 2 nitrogen and oxygen atoms in total.